The molecule has 0 aliphatic carbocycles. The highest BCUT2D eigenvalue weighted by Gasteiger charge is 2.11. The molecule has 0 aliphatic heterocycles. The first kappa shape index (κ1) is 11.6. The molecule has 0 saturated carbocycles. The zero-order chi connectivity index (χ0) is 10.7. The Morgan fingerprint density at radius 3 is 2.21 bits per heavy atom. The highest BCUT2D eigenvalue weighted by Crippen LogP contribution is 2.34. The molecule has 5 N–H and O–H groups in total. The van der Waals surface area contributed by atoms with Gasteiger partial charge in [-0.15, -0.1) is 0 Å². The van der Waals surface area contributed by atoms with E-state index in [1.165, 1.54) is 0 Å². The Kier molecular flexibility index (Phi) is 4.01. The zero-order valence-corrected chi connectivity index (χ0v) is 9.02. The van der Waals surface area contributed by atoms with Gasteiger partial charge >= 0.3 is 0 Å². The molecular weight excluding hydrogens is 223 g/mol. The van der Waals surface area contributed by atoms with Crippen molar-refractivity contribution in [1.29, 1.82) is 0 Å². The molecule has 0 aliphatic rings. The quantitative estimate of drug-likeness (QED) is 0.750. The van der Waals surface area contributed by atoms with Crippen LogP contribution in [0.25, 0.3) is 0 Å². The molecule has 0 radical (unpaired) electrons. The highest BCUT2D eigenvalue weighted by atomic mass is 35.5. The summed E-state index contributed by atoms with van der Waals surface area (Å²) < 4.78 is 0. The third-order valence-electron chi connectivity index (χ3n) is 1.95. The van der Waals surface area contributed by atoms with Crippen molar-refractivity contribution in [1.82, 2.24) is 0 Å². The van der Waals surface area contributed by atoms with E-state index in [4.69, 9.17) is 34.7 Å². The molecule has 1 rings (SSSR count). The highest BCUT2D eigenvalue weighted by molar-refractivity contribution is 6.37. The lowest BCUT2D eigenvalue weighted by molar-refractivity contribution is 0.475. The first-order valence-corrected chi connectivity index (χ1v) is 4.95. The van der Waals surface area contributed by atoms with Crippen LogP contribution in [0.5, 0.6) is 5.75 Å². The summed E-state index contributed by atoms with van der Waals surface area (Å²) in [5, 5.41) is 9.73. The Balaban J connectivity index is 3.00. The minimum atomic E-state index is -0.199. The summed E-state index contributed by atoms with van der Waals surface area (Å²) in [4.78, 5) is 0. The Morgan fingerprint density at radius 1 is 1.29 bits per heavy atom. The maximum Gasteiger partial charge on any atom is 0.152 e. The van der Waals surface area contributed by atoms with Crippen molar-refractivity contribution < 1.29 is 5.11 Å². The summed E-state index contributed by atoms with van der Waals surface area (Å²) in [5.74, 6) is -0.114. The second-order valence-corrected chi connectivity index (χ2v) is 3.83. The molecule has 14 heavy (non-hydrogen) atoms. The van der Waals surface area contributed by atoms with E-state index in [9.17, 15) is 5.11 Å². The lowest BCUT2D eigenvalue weighted by Crippen LogP contribution is -2.15. The van der Waals surface area contributed by atoms with Gasteiger partial charge in [-0.25, -0.2) is 0 Å². The summed E-state index contributed by atoms with van der Waals surface area (Å²) in [7, 11) is 0. The molecule has 0 fully saturated rings. The number of phenols is 1. The molecule has 0 amide bonds. The van der Waals surface area contributed by atoms with Crippen LogP contribution in [0.15, 0.2) is 12.1 Å². The van der Waals surface area contributed by atoms with Gasteiger partial charge in [0.15, 0.2) is 5.75 Å². The molecule has 0 saturated heterocycles. The van der Waals surface area contributed by atoms with E-state index in [2.05, 4.69) is 0 Å². The Labute approximate surface area is 92.6 Å². The standard InChI is InChI=1S/C9H12Cl2N2O/c10-6-3-5(8(13)1-2-12)4-7(11)9(6)14/h3-4,8,14H,1-2,12-13H2/t8-/m1/s1. The van der Waals surface area contributed by atoms with Crippen LogP contribution in [0.4, 0.5) is 0 Å². The van der Waals surface area contributed by atoms with Gasteiger partial charge in [0.25, 0.3) is 0 Å². The van der Waals surface area contributed by atoms with Crippen LogP contribution in [0.2, 0.25) is 10.0 Å². The van der Waals surface area contributed by atoms with Gasteiger partial charge in [-0.2, -0.15) is 0 Å². The molecule has 1 atom stereocenters. The van der Waals surface area contributed by atoms with Gasteiger partial charge in [-0.1, -0.05) is 23.2 Å². The molecule has 1 aromatic rings. The van der Waals surface area contributed by atoms with E-state index >= 15 is 0 Å². The number of aromatic hydroxyl groups is 1. The van der Waals surface area contributed by atoms with Crippen molar-refractivity contribution >= 4 is 23.2 Å². The molecule has 0 bridgehead atoms. The lowest BCUT2D eigenvalue weighted by atomic mass is 10.0. The van der Waals surface area contributed by atoms with E-state index in [0.29, 0.717) is 13.0 Å². The van der Waals surface area contributed by atoms with E-state index in [1.807, 2.05) is 0 Å². The number of nitrogens with two attached hydrogens (primary N) is 2. The molecule has 78 valence electrons. The minimum absolute atomic E-state index is 0.114. The fraction of sp³-hybridized carbons (Fsp3) is 0.333. The normalized spacial score (nSPS) is 12.9. The SMILES string of the molecule is NCC[C@@H](N)c1cc(Cl)c(O)c(Cl)c1. The van der Waals surface area contributed by atoms with Gasteiger partial charge in [0, 0.05) is 6.04 Å². The van der Waals surface area contributed by atoms with E-state index in [1.54, 1.807) is 12.1 Å². The van der Waals surface area contributed by atoms with E-state index < -0.39 is 0 Å². The largest absolute Gasteiger partial charge is 0.505 e. The lowest BCUT2D eigenvalue weighted by Gasteiger charge is -2.12. The first-order valence-electron chi connectivity index (χ1n) is 4.19. The summed E-state index contributed by atoms with van der Waals surface area (Å²) in [5.41, 5.74) is 12.0. The number of hydrogen-bond acceptors (Lipinski definition) is 3. The molecule has 0 unspecified atom stereocenters. The first-order chi connectivity index (χ1) is 6.56. The maximum atomic E-state index is 9.31. The van der Waals surface area contributed by atoms with Gasteiger partial charge in [0.2, 0.25) is 0 Å². The van der Waals surface area contributed by atoms with Crippen molar-refractivity contribution in [3.05, 3.63) is 27.7 Å². The van der Waals surface area contributed by atoms with E-state index in [0.717, 1.165) is 5.56 Å². The average molecular weight is 235 g/mol. The van der Waals surface area contributed by atoms with Crippen LogP contribution in [0.1, 0.15) is 18.0 Å². The molecule has 5 heteroatoms. The molecular formula is C9H12Cl2N2O. The second kappa shape index (κ2) is 4.84. The Morgan fingerprint density at radius 2 is 1.79 bits per heavy atom. The number of rotatable bonds is 3. The number of benzene rings is 1. The van der Waals surface area contributed by atoms with Gasteiger partial charge in [-0.3, -0.25) is 0 Å². The predicted molar refractivity (Wildman–Crippen MR) is 58.7 cm³/mol. The van der Waals surface area contributed by atoms with Crippen LogP contribution < -0.4 is 11.5 Å². The summed E-state index contributed by atoms with van der Waals surface area (Å²) >= 11 is 11.5. The summed E-state index contributed by atoms with van der Waals surface area (Å²) in [6, 6.07) is 3.00. The third kappa shape index (κ3) is 2.51. The van der Waals surface area contributed by atoms with Gasteiger partial charge < -0.3 is 16.6 Å². The van der Waals surface area contributed by atoms with Crippen molar-refractivity contribution in [2.75, 3.05) is 6.54 Å². The fourth-order valence-electron chi connectivity index (χ4n) is 1.15. The maximum absolute atomic E-state index is 9.31. The topological polar surface area (TPSA) is 72.3 Å². The monoisotopic (exact) mass is 234 g/mol. The molecule has 3 nitrogen and oxygen atoms in total. The van der Waals surface area contributed by atoms with Crippen molar-refractivity contribution in [2.45, 2.75) is 12.5 Å². The van der Waals surface area contributed by atoms with Crippen molar-refractivity contribution in [3.8, 4) is 5.75 Å². The Hall–Kier alpha value is -0.480. The van der Waals surface area contributed by atoms with E-state index in [-0.39, 0.29) is 21.8 Å². The molecule has 0 aromatic heterocycles. The van der Waals surface area contributed by atoms with Gasteiger partial charge in [0.1, 0.15) is 0 Å². The average Bonchev–Trinajstić information content (AvgIpc) is 2.13. The van der Waals surface area contributed by atoms with Crippen LogP contribution in [-0.4, -0.2) is 11.7 Å². The number of hydrogen-bond donors (Lipinski definition) is 3. The van der Waals surface area contributed by atoms with Crippen LogP contribution in [0.3, 0.4) is 0 Å². The molecule has 0 heterocycles. The summed E-state index contributed by atoms with van der Waals surface area (Å²) in [6.07, 6.45) is 0.650. The van der Waals surface area contributed by atoms with Crippen LogP contribution in [-0.2, 0) is 0 Å². The third-order valence-corrected chi connectivity index (χ3v) is 2.52. The van der Waals surface area contributed by atoms with Gasteiger partial charge in [-0.05, 0) is 30.7 Å². The molecule has 0 spiro atoms. The minimum Gasteiger partial charge on any atom is -0.505 e. The fourth-order valence-corrected chi connectivity index (χ4v) is 1.65. The Bertz CT molecular complexity index is 308. The number of phenolic OH excluding ortho intramolecular Hbond substituents is 1. The van der Waals surface area contributed by atoms with Crippen molar-refractivity contribution in [3.63, 3.8) is 0 Å². The second-order valence-electron chi connectivity index (χ2n) is 3.02. The van der Waals surface area contributed by atoms with Crippen LogP contribution >= 0.6 is 23.2 Å². The summed E-state index contributed by atoms with van der Waals surface area (Å²) in [6.45, 7) is 0.497. The zero-order valence-electron chi connectivity index (χ0n) is 7.50. The molecule has 1 aromatic carbocycles. The number of halogens is 2. The smallest absolute Gasteiger partial charge is 0.152 e. The van der Waals surface area contributed by atoms with Gasteiger partial charge in [0.05, 0.1) is 10.0 Å². The van der Waals surface area contributed by atoms with Crippen LogP contribution in [0, 0.1) is 0 Å². The predicted octanol–water partition coefficient (Wildman–Crippen LogP) is 2.05. The van der Waals surface area contributed by atoms with Crippen molar-refractivity contribution in [2.24, 2.45) is 11.5 Å².